The molecule has 0 unspecified atom stereocenters. The second-order valence-corrected chi connectivity index (χ2v) is 7.76. The topological polar surface area (TPSA) is 26.3 Å². The van der Waals surface area contributed by atoms with Crippen molar-refractivity contribution in [3.8, 4) is 0 Å². The van der Waals surface area contributed by atoms with Crippen LogP contribution in [0.15, 0.2) is 0 Å². The first-order chi connectivity index (χ1) is 5.58. The van der Waals surface area contributed by atoms with Gasteiger partial charge in [0.05, 0.1) is 0 Å². The van der Waals surface area contributed by atoms with Crippen molar-refractivity contribution in [2.75, 3.05) is 31.5 Å². The molecule has 0 atom stereocenters. The van der Waals surface area contributed by atoms with Gasteiger partial charge in [-0.1, -0.05) is 0 Å². The molecule has 1 aliphatic carbocycles. The highest BCUT2D eigenvalue weighted by Crippen LogP contribution is 2.28. The van der Waals surface area contributed by atoms with Crippen LogP contribution in [0.3, 0.4) is 0 Å². The summed E-state index contributed by atoms with van der Waals surface area (Å²) in [5, 5.41) is 0. The van der Waals surface area contributed by atoms with Crippen molar-refractivity contribution < 1.29 is 8.95 Å². The van der Waals surface area contributed by atoms with E-state index in [1.807, 2.05) is 12.5 Å². The molecule has 3 heteroatoms. The van der Waals surface area contributed by atoms with E-state index in [1.54, 1.807) is 0 Å². The van der Waals surface area contributed by atoms with Crippen molar-refractivity contribution in [2.24, 2.45) is 5.92 Å². The first-order valence-electron chi connectivity index (χ1n) is 4.70. The molecule has 0 aromatic carbocycles. The van der Waals surface area contributed by atoms with Gasteiger partial charge in [-0.3, -0.25) is 4.21 Å². The summed E-state index contributed by atoms with van der Waals surface area (Å²) in [6, 6.07) is 0. The number of thiol groups is 1. The van der Waals surface area contributed by atoms with Crippen molar-refractivity contribution in [3.05, 3.63) is 0 Å². The number of hydrogen-bond donors (Lipinski definition) is 1. The van der Waals surface area contributed by atoms with Crippen LogP contribution in [0.5, 0.6) is 0 Å². The Morgan fingerprint density at radius 3 is 2.58 bits per heavy atom. The molecule has 2 nitrogen and oxygen atoms in total. The van der Waals surface area contributed by atoms with E-state index in [4.69, 9.17) is 4.74 Å². The minimum Gasteiger partial charge on any atom is -0.381 e. The summed E-state index contributed by atoms with van der Waals surface area (Å²) >= 11 is 0. The minimum absolute atomic E-state index is 0.794. The molecule has 0 N–H and O–H groups in total. The summed E-state index contributed by atoms with van der Waals surface area (Å²) in [6.07, 6.45) is 7.33. The highest BCUT2D eigenvalue weighted by molar-refractivity contribution is 8.01. The maximum atomic E-state index is 11.3. The van der Waals surface area contributed by atoms with Gasteiger partial charge < -0.3 is 4.74 Å². The second kappa shape index (κ2) is 4.38. The van der Waals surface area contributed by atoms with Crippen molar-refractivity contribution in [1.82, 2.24) is 0 Å². The van der Waals surface area contributed by atoms with Gasteiger partial charge in [0.2, 0.25) is 0 Å². The molecule has 0 spiro atoms. The molecule has 1 aliphatic rings. The first kappa shape index (κ1) is 10.2. The van der Waals surface area contributed by atoms with Gasteiger partial charge >= 0.3 is 0 Å². The van der Waals surface area contributed by atoms with Gasteiger partial charge in [0.25, 0.3) is 0 Å². The van der Waals surface area contributed by atoms with E-state index in [-0.39, 0.29) is 0 Å². The maximum absolute atomic E-state index is 11.3. The lowest BCUT2D eigenvalue weighted by Crippen LogP contribution is -2.13. The normalized spacial score (nSPS) is 19.5. The van der Waals surface area contributed by atoms with Crippen molar-refractivity contribution >= 4 is 9.93 Å². The highest BCUT2D eigenvalue weighted by atomic mass is 32.2. The molecular formula is C9H20O2S. The predicted molar refractivity (Wildman–Crippen MR) is 54.4 cm³/mol. The summed E-state index contributed by atoms with van der Waals surface area (Å²) in [7, 11) is -1.79. The Labute approximate surface area is 76.1 Å². The average Bonchev–Trinajstić information content (AvgIpc) is 2.68. The Morgan fingerprint density at radius 2 is 2.08 bits per heavy atom. The van der Waals surface area contributed by atoms with Crippen LogP contribution in [-0.4, -0.2) is 35.7 Å². The van der Waals surface area contributed by atoms with Gasteiger partial charge in [-0.05, 0) is 37.7 Å². The Balaban J connectivity index is 1.85. The molecule has 0 aromatic heterocycles. The molecule has 0 aliphatic heterocycles. The third-order valence-corrected chi connectivity index (χ3v) is 3.43. The van der Waals surface area contributed by atoms with E-state index in [1.165, 1.54) is 12.8 Å². The van der Waals surface area contributed by atoms with Crippen LogP contribution >= 0.6 is 0 Å². The zero-order chi connectivity index (χ0) is 9.03. The summed E-state index contributed by atoms with van der Waals surface area (Å²) in [6.45, 7) is 1.72. The maximum Gasteiger partial charge on any atom is 0.0494 e. The van der Waals surface area contributed by atoms with Gasteiger partial charge in [0, 0.05) is 19.0 Å². The monoisotopic (exact) mass is 192 g/mol. The molecule has 1 saturated carbocycles. The Bertz CT molecular complexity index is 169. The van der Waals surface area contributed by atoms with Crippen LogP contribution in [0.2, 0.25) is 0 Å². The molecule has 74 valence electrons. The van der Waals surface area contributed by atoms with Crippen molar-refractivity contribution in [2.45, 2.75) is 19.3 Å². The van der Waals surface area contributed by atoms with Crippen LogP contribution in [0.4, 0.5) is 0 Å². The third kappa shape index (κ3) is 5.72. The molecule has 0 aromatic rings. The number of rotatable bonds is 6. The van der Waals surface area contributed by atoms with Crippen LogP contribution in [0, 0.1) is 5.92 Å². The summed E-state index contributed by atoms with van der Waals surface area (Å²) in [5.41, 5.74) is 0. The summed E-state index contributed by atoms with van der Waals surface area (Å²) in [5.74, 6) is 1.68. The zero-order valence-electron chi connectivity index (χ0n) is 8.08. The fourth-order valence-electron chi connectivity index (χ4n) is 1.08. The standard InChI is InChI=1S/C9H20O2S/c1-12(2,10)7-3-6-11-8-9-4-5-9/h9,12H,3-8H2,1-2H3. The second-order valence-electron chi connectivity index (χ2n) is 4.17. The first-order valence-corrected chi connectivity index (χ1v) is 7.48. The van der Waals surface area contributed by atoms with E-state index in [9.17, 15) is 4.21 Å². The average molecular weight is 192 g/mol. The van der Waals surface area contributed by atoms with Gasteiger partial charge in [0.1, 0.15) is 0 Å². The van der Waals surface area contributed by atoms with Crippen molar-refractivity contribution in [3.63, 3.8) is 0 Å². The lowest BCUT2D eigenvalue weighted by molar-refractivity contribution is 0.125. The van der Waals surface area contributed by atoms with Crippen LogP contribution in [0.25, 0.3) is 0 Å². The zero-order valence-corrected chi connectivity index (χ0v) is 8.98. The fraction of sp³-hybridized carbons (Fsp3) is 1.00. The largest absolute Gasteiger partial charge is 0.381 e. The highest BCUT2D eigenvalue weighted by Gasteiger charge is 2.20. The van der Waals surface area contributed by atoms with E-state index in [2.05, 4.69) is 0 Å². The molecule has 1 rings (SSSR count). The van der Waals surface area contributed by atoms with E-state index < -0.39 is 9.93 Å². The molecule has 12 heavy (non-hydrogen) atoms. The van der Waals surface area contributed by atoms with Gasteiger partial charge in [-0.25, -0.2) is 0 Å². The lowest BCUT2D eigenvalue weighted by Gasteiger charge is -2.10. The summed E-state index contributed by atoms with van der Waals surface area (Å²) in [4.78, 5) is 0. The number of ether oxygens (including phenoxy) is 1. The molecule has 0 radical (unpaired) electrons. The molecule has 0 saturated heterocycles. The van der Waals surface area contributed by atoms with E-state index >= 15 is 0 Å². The van der Waals surface area contributed by atoms with Gasteiger partial charge in [0.15, 0.2) is 0 Å². The predicted octanol–water partition coefficient (Wildman–Crippen LogP) is 1.08. The lowest BCUT2D eigenvalue weighted by atomic mass is 10.4. The van der Waals surface area contributed by atoms with Crippen LogP contribution in [-0.2, 0) is 14.7 Å². The van der Waals surface area contributed by atoms with Crippen LogP contribution in [0.1, 0.15) is 19.3 Å². The van der Waals surface area contributed by atoms with Gasteiger partial charge in [-0.2, -0.15) is 0 Å². The van der Waals surface area contributed by atoms with Gasteiger partial charge in [-0.15, -0.1) is 9.93 Å². The SMILES string of the molecule is C[SH](C)(=O)CCCOCC1CC1. The summed E-state index contributed by atoms with van der Waals surface area (Å²) < 4.78 is 16.7. The van der Waals surface area contributed by atoms with E-state index in [0.717, 1.165) is 31.3 Å². The molecule has 0 bridgehead atoms. The quantitative estimate of drug-likeness (QED) is 0.503. The molecule has 0 heterocycles. The molecule has 0 amide bonds. The minimum atomic E-state index is -1.79. The molecule has 1 fully saturated rings. The Hall–Kier alpha value is 0.110. The molecular weight excluding hydrogens is 172 g/mol. The van der Waals surface area contributed by atoms with Crippen molar-refractivity contribution in [1.29, 1.82) is 0 Å². The fourth-order valence-corrected chi connectivity index (χ4v) is 1.97. The Kier molecular flexibility index (Phi) is 3.72. The van der Waals surface area contributed by atoms with Crippen LogP contribution < -0.4 is 0 Å². The smallest absolute Gasteiger partial charge is 0.0494 e. The Morgan fingerprint density at radius 1 is 1.42 bits per heavy atom. The number of hydrogen-bond acceptors (Lipinski definition) is 2. The van der Waals surface area contributed by atoms with E-state index in [0.29, 0.717) is 0 Å². The third-order valence-electron chi connectivity index (χ3n) is 2.04.